The fourth-order valence-electron chi connectivity index (χ4n) is 2.89. The van der Waals surface area contributed by atoms with E-state index in [2.05, 4.69) is 4.98 Å². The monoisotopic (exact) mass is 446 g/mol. The molecule has 3 rings (SSSR count). The van der Waals surface area contributed by atoms with Crippen molar-refractivity contribution in [1.29, 1.82) is 0 Å². The third kappa shape index (κ3) is 5.30. The van der Waals surface area contributed by atoms with Crippen LogP contribution in [0.1, 0.15) is 11.1 Å². The van der Waals surface area contributed by atoms with Crippen molar-refractivity contribution in [1.82, 2.24) is 4.98 Å². The number of methoxy groups -OCH3 is 1. The highest BCUT2D eigenvalue weighted by Crippen LogP contribution is 2.29. The van der Waals surface area contributed by atoms with Gasteiger partial charge >= 0.3 is 0 Å². The lowest BCUT2D eigenvalue weighted by Crippen LogP contribution is -2.30. The van der Waals surface area contributed by atoms with Crippen molar-refractivity contribution in [2.45, 2.75) is 18.4 Å². The minimum absolute atomic E-state index is 0.142. The number of rotatable bonds is 9. The van der Waals surface area contributed by atoms with E-state index >= 15 is 0 Å². The summed E-state index contributed by atoms with van der Waals surface area (Å²) >= 11 is 6.00. The Morgan fingerprint density at radius 3 is 2.47 bits per heavy atom. The number of nitrogens with zero attached hydrogens (tertiary/aromatic N) is 2. The molecule has 2 aromatic carbocycles. The smallest absolute Gasteiger partial charge is 0.264 e. The van der Waals surface area contributed by atoms with E-state index in [0.717, 1.165) is 11.1 Å². The first-order valence-corrected chi connectivity index (χ1v) is 11.1. The SMILES string of the molecule is COCCOc1ccc(S(=O)(=O)N(Cc2cccnc2)c2ccc(Cl)cc2)cc1C. The van der Waals surface area contributed by atoms with Crippen LogP contribution in [0.5, 0.6) is 5.75 Å². The molecule has 1 aromatic heterocycles. The van der Waals surface area contributed by atoms with Gasteiger partial charge in [0.1, 0.15) is 12.4 Å². The molecule has 0 aliphatic heterocycles. The second-order valence-corrected chi connectivity index (χ2v) is 8.92. The topological polar surface area (TPSA) is 68.7 Å². The molecule has 0 atom stereocenters. The Labute approximate surface area is 182 Å². The van der Waals surface area contributed by atoms with E-state index in [-0.39, 0.29) is 11.4 Å². The van der Waals surface area contributed by atoms with Crippen molar-refractivity contribution in [3.05, 3.63) is 83.1 Å². The Morgan fingerprint density at radius 2 is 1.83 bits per heavy atom. The van der Waals surface area contributed by atoms with Crippen molar-refractivity contribution in [3.63, 3.8) is 0 Å². The maximum Gasteiger partial charge on any atom is 0.264 e. The summed E-state index contributed by atoms with van der Waals surface area (Å²) in [6.07, 6.45) is 3.30. The van der Waals surface area contributed by atoms with Gasteiger partial charge in [-0.05, 0) is 66.6 Å². The molecule has 0 unspecified atom stereocenters. The Bertz CT molecular complexity index is 1070. The van der Waals surface area contributed by atoms with Gasteiger partial charge in [0.15, 0.2) is 0 Å². The zero-order valence-corrected chi connectivity index (χ0v) is 18.4. The molecule has 0 aliphatic carbocycles. The Morgan fingerprint density at radius 1 is 1.07 bits per heavy atom. The average Bonchev–Trinajstić information content (AvgIpc) is 2.74. The van der Waals surface area contributed by atoms with Gasteiger partial charge in [0, 0.05) is 24.5 Å². The maximum absolute atomic E-state index is 13.6. The van der Waals surface area contributed by atoms with Crippen molar-refractivity contribution >= 4 is 27.3 Å². The summed E-state index contributed by atoms with van der Waals surface area (Å²) in [5, 5.41) is 0.533. The number of hydrogen-bond donors (Lipinski definition) is 0. The zero-order valence-electron chi connectivity index (χ0n) is 16.8. The standard InChI is InChI=1S/C22H23ClN2O4S/c1-17-14-21(9-10-22(17)29-13-12-28-2)30(26,27)25(16-18-4-3-11-24-15-18)20-7-5-19(23)6-8-20/h3-11,14-15H,12-13,16H2,1-2H3. The summed E-state index contributed by atoms with van der Waals surface area (Å²) in [7, 11) is -2.25. The van der Waals surface area contributed by atoms with Crippen LogP contribution in [0, 0.1) is 6.92 Å². The van der Waals surface area contributed by atoms with Gasteiger partial charge in [-0.1, -0.05) is 17.7 Å². The molecule has 3 aromatic rings. The van der Waals surface area contributed by atoms with E-state index in [1.165, 1.54) is 4.31 Å². The van der Waals surface area contributed by atoms with Crippen molar-refractivity contribution < 1.29 is 17.9 Å². The van der Waals surface area contributed by atoms with Gasteiger partial charge in [-0.2, -0.15) is 0 Å². The van der Waals surface area contributed by atoms with Gasteiger partial charge in [-0.15, -0.1) is 0 Å². The fourth-order valence-corrected chi connectivity index (χ4v) is 4.55. The second-order valence-electron chi connectivity index (χ2n) is 6.62. The van der Waals surface area contributed by atoms with Crippen LogP contribution in [-0.4, -0.2) is 33.7 Å². The molecule has 158 valence electrons. The van der Waals surface area contributed by atoms with E-state index < -0.39 is 10.0 Å². The lowest BCUT2D eigenvalue weighted by molar-refractivity contribution is 0.146. The number of aromatic nitrogens is 1. The highest BCUT2D eigenvalue weighted by Gasteiger charge is 2.26. The number of pyridine rings is 1. The normalized spacial score (nSPS) is 11.3. The molecule has 8 heteroatoms. The second kappa shape index (κ2) is 9.93. The average molecular weight is 447 g/mol. The summed E-state index contributed by atoms with van der Waals surface area (Å²) < 4.78 is 39.1. The minimum atomic E-state index is -3.85. The Kier molecular flexibility index (Phi) is 7.31. The van der Waals surface area contributed by atoms with Crippen LogP contribution in [0.4, 0.5) is 5.69 Å². The van der Waals surface area contributed by atoms with E-state index in [1.807, 2.05) is 13.0 Å². The molecule has 6 nitrogen and oxygen atoms in total. The van der Waals surface area contributed by atoms with Crippen LogP contribution < -0.4 is 9.04 Å². The third-order valence-corrected chi connectivity index (χ3v) is 6.46. The molecule has 0 N–H and O–H groups in total. The van der Waals surface area contributed by atoms with Gasteiger partial charge in [0.2, 0.25) is 0 Å². The van der Waals surface area contributed by atoms with Crippen LogP contribution >= 0.6 is 11.6 Å². The van der Waals surface area contributed by atoms with Crippen molar-refractivity contribution in [2.24, 2.45) is 0 Å². The maximum atomic E-state index is 13.6. The van der Waals surface area contributed by atoms with E-state index in [4.69, 9.17) is 21.1 Å². The number of anilines is 1. The summed E-state index contributed by atoms with van der Waals surface area (Å²) in [4.78, 5) is 4.27. The van der Waals surface area contributed by atoms with Crippen LogP contribution in [0.25, 0.3) is 0 Å². The van der Waals surface area contributed by atoms with Crippen molar-refractivity contribution in [2.75, 3.05) is 24.6 Å². The first kappa shape index (κ1) is 22.1. The van der Waals surface area contributed by atoms with Gasteiger partial charge in [-0.3, -0.25) is 9.29 Å². The highest BCUT2D eigenvalue weighted by molar-refractivity contribution is 7.92. The molecule has 0 fully saturated rings. The highest BCUT2D eigenvalue weighted by atomic mass is 35.5. The largest absolute Gasteiger partial charge is 0.491 e. The van der Waals surface area contributed by atoms with Gasteiger partial charge < -0.3 is 9.47 Å². The summed E-state index contributed by atoms with van der Waals surface area (Å²) in [5.74, 6) is 0.622. The molecule has 0 aliphatic rings. The summed E-state index contributed by atoms with van der Waals surface area (Å²) in [5.41, 5.74) is 2.01. The summed E-state index contributed by atoms with van der Waals surface area (Å²) in [6.45, 7) is 2.80. The van der Waals surface area contributed by atoms with Crippen molar-refractivity contribution in [3.8, 4) is 5.75 Å². The van der Waals surface area contributed by atoms with E-state index in [9.17, 15) is 8.42 Å². The van der Waals surface area contributed by atoms with Crippen LogP contribution in [0.2, 0.25) is 5.02 Å². The predicted molar refractivity (Wildman–Crippen MR) is 118 cm³/mol. The number of aryl methyl sites for hydroxylation is 1. The zero-order chi connectivity index (χ0) is 21.6. The number of halogens is 1. The quantitative estimate of drug-likeness (QED) is 0.454. The molecule has 0 saturated heterocycles. The summed E-state index contributed by atoms with van der Waals surface area (Å²) in [6, 6.07) is 15.2. The number of benzene rings is 2. The Hall–Kier alpha value is -2.61. The molecular formula is C22H23ClN2O4S. The third-order valence-electron chi connectivity index (χ3n) is 4.44. The molecule has 0 spiro atoms. The molecule has 0 saturated carbocycles. The van der Waals surface area contributed by atoms with E-state index in [0.29, 0.717) is 29.7 Å². The van der Waals surface area contributed by atoms with Gasteiger partial charge in [-0.25, -0.2) is 8.42 Å². The molecule has 1 heterocycles. The van der Waals surface area contributed by atoms with Crippen LogP contribution in [0.15, 0.2) is 71.9 Å². The first-order valence-electron chi connectivity index (χ1n) is 9.31. The predicted octanol–water partition coefficient (Wildman–Crippen LogP) is 4.46. The van der Waals surface area contributed by atoms with Gasteiger partial charge in [0.05, 0.1) is 23.7 Å². The van der Waals surface area contributed by atoms with Crippen LogP contribution in [-0.2, 0) is 21.3 Å². The minimum Gasteiger partial charge on any atom is -0.491 e. The molecule has 0 bridgehead atoms. The Balaban J connectivity index is 1.97. The molecular weight excluding hydrogens is 424 g/mol. The van der Waals surface area contributed by atoms with Crippen LogP contribution in [0.3, 0.4) is 0 Å². The van der Waals surface area contributed by atoms with E-state index in [1.54, 1.807) is 68.0 Å². The molecule has 0 amide bonds. The molecule has 30 heavy (non-hydrogen) atoms. The number of hydrogen-bond acceptors (Lipinski definition) is 5. The fraction of sp³-hybridized carbons (Fsp3) is 0.227. The number of ether oxygens (including phenoxy) is 2. The van der Waals surface area contributed by atoms with Gasteiger partial charge in [0.25, 0.3) is 10.0 Å². The molecule has 0 radical (unpaired) electrons. The lowest BCUT2D eigenvalue weighted by Gasteiger charge is -2.25. The first-order chi connectivity index (χ1) is 14.4. The number of sulfonamides is 1. The lowest BCUT2D eigenvalue weighted by atomic mass is 10.2.